The van der Waals surface area contributed by atoms with Crippen LogP contribution in [0.3, 0.4) is 0 Å². The van der Waals surface area contributed by atoms with Crippen molar-refractivity contribution in [2.45, 2.75) is 130 Å². The number of nitrogens with zero attached hydrogens (tertiary/aromatic N) is 13. The first-order valence-electron chi connectivity index (χ1n) is 37.8. The molecule has 9 N–H and O–H groups in total. The van der Waals surface area contributed by atoms with Crippen molar-refractivity contribution < 1.29 is 101 Å². The van der Waals surface area contributed by atoms with E-state index in [-0.39, 0.29) is 58.6 Å². The highest BCUT2D eigenvalue weighted by Crippen LogP contribution is 2.37. The Balaban J connectivity index is 0.000000164. The van der Waals surface area contributed by atoms with E-state index in [9.17, 15) is 57.5 Å². The fraction of sp³-hybridized carbons (Fsp3) is 0.354. The smallest absolute Gasteiger partial charge is 0.419 e. The van der Waals surface area contributed by atoms with Gasteiger partial charge >= 0.3 is 36.2 Å². The third-order valence-electron chi connectivity index (χ3n) is 19.3. The Hall–Kier alpha value is -14.2. The number of hydrogen-bond donors (Lipinski definition) is 9. The van der Waals surface area contributed by atoms with E-state index in [4.69, 9.17) is 29.5 Å². The zero-order valence-corrected chi connectivity index (χ0v) is 65.6. The van der Waals surface area contributed by atoms with E-state index in [2.05, 4.69) is 81.4 Å². The van der Waals surface area contributed by atoms with Gasteiger partial charge in [0.05, 0.1) is 23.2 Å². The molecule has 9 aromatic rings. The SMILES string of the molecule is CCCNC(=O)c1ccc(C)c(Nc2ncnn3cc(C(=O)N(C(=O)OCOC(=O)CO)C4CC4)c(C)c23)c1.Cc1ccc(C(=O)NC2=NCC=C2)cc1Nc1ncnn2cc(C(=O)N(C(=O)OCOC(=O)CO)C3CC3)c(C)c12.Cc1ccc(C(=O)NC2CC2)cc1Nc1ncnn2cc(C(=O)N(C(=O)OCOC(=O)CO)C3CC3)c(C)c12. The Morgan fingerprint density at radius 1 is 0.454 bits per heavy atom. The minimum Gasteiger partial charge on any atom is -0.426 e. The molecule has 0 atom stereocenters. The van der Waals surface area contributed by atoms with Gasteiger partial charge in [-0.2, -0.15) is 15.3 Å². The number of amidine groups is 1. The number of rotatable bonds is 27. The normalized spacial score (nSPS) is 13.7. The molecule has 119 heavy (non-hydrogen) atoms. The summed E-state index contributed by atoms with van der Waals surface area (Å²) in [6, 6.07) is 15.1. The molecule has 4 saturated carbocycles. The standard InChI is InChI=1S/C27H27N7O7.C26H28N6O7.C26H30N6O7/c1-15-5-6-17(25(37)32-21-4-3-9-28-21)10-20(15)31-24-23-16(2)19(11-33(23)30-13-29-24)26(38)34(18-7-8-18)27(39)41-14-40-22(36)12-35;1-14-3-4-16(24(35)29-17-5-6-17)9-20(14)30-23-22-15(2)19(10-31(22)28-12-27-23)25(36)32(18-7-8-18)26(37)39-13-38-21(34)11-33;1-4-9-27-24(35)17-6-5-15(2)20(10-17)30-23-22-16(3)19(11-31(22)29-13-28-23)25(36)32(18-7-8-18)26(37)39-14-38-21(34)12-33/h3-6,10-11,13,18,35H,7-9,12,14H2,1-2H3,(H,28,32,37)(H,29,30,31);3-4,9-10,12,17-18,33H,5-8,11,13H2,1-2H3,(H,29,35)(H,27,28,30);5-6,10-11,13,18,33H,4,7-9,12,14H2,1-3H3,(H,27,35)(H,28,29,30). The molecule has 622 valence electrons. The van der Waals surface area contributed by atoms with Crippen LogP contribution in [0.4, 0.5) is 48.9 Å². The number of aromatic nitrogens is 9. The highest BCUT2D eigenvalue weighted by atomic mass is 16.7. The number of hydrogen-bond acceptors (Lipinski definition) is 31. The molecular weight excluding hydrogens is 1550 g/mol. The van der Waals surface area contributed by atoms with Gasteiger partial charge in [-0.25, -0.2) is 72.0 Å². The van der Waals surface area contributed by atoms with Gasteiger partial charge in [0.25, 0.3) is 35.4 Å². The summed E-state index contributed by atoms with van der Waals surface area (Å²) in [4.78, 5) is 170. The maximum absolute atomic E-state index is 13.5. The fourth-order valence-electron chi connectivity index (χ4n) is 12.3. The number of aliphatic imine (C=N–C) groups is 1. The molecule has 0 radical (unpaired) electrons. The fourth-order valence-corrected chi connectivity index (χ4v) is 12.3. The molecule has 14 rings (SSSR count). The van der Waals surface area contributed by atoms with E-state index >= 15 is 0 Å². The van der Waals surface area contributed by atoms with Crippen molar-refractivity contribution in [1.82, 2.24) is 74.4 Å². The lowest BCUT2D eigenvalue weighted by atomic mass is 10.1. The second-order valence-corrected chi connectivity index (χ2v) is 28.1. The largest absolute Gasteiger partial charge is 0.426 e. The summed E-state index contributed by atoms with van der Waals surface area (Å²) < 4.78 is 33.0. The highest BCUT2D eigenvalue weighted by Gasteiger charge is 2.43. The zero-order valence-electron chi connectivity index (χ0n) is 65.6. The number of aryl methyl sites for hydroxylation is 6. The molecule has 9 amide bonds. The number of nitrogens with one attached hydrogen (secondary N) is 6. The minimum absolute atomic E-state index is 0.140. The van der Waals surface area contributed by atoms with Crippen LogP contribution in [0.5, 0.6) is 0 Å². The summed E-state index contributed by atoms with van der Waals surface area (Å²) in [5.41, 5.74) is 9.77. The average molecular weight is 1640 g/mol. The molecule has 4 aliphatic carbocycles. The number of anilines is 6. The molecule has 0 saturated heterocycles. The summed E-state index contributed by atoms with van der Waals surface area (Å²) in [5.74, 6) is -3.56. The summed E-state index contributed by atoms with van der Waals surface area (Å²) in [7, 11) is 0. The predicted molar refractivity (Wildman–Crippen MR) is 420 cm³/mol. The molecule has 5 aliphatic rings. The first-order valence-corrected chi connectivity index (χ1v) is 37.8. The average Bonchev–Trinajstić information content (AvgIpc) is 1.70. The Morgan fingerprint density at radius 3 is 1.11 bits per heavy atom. The Labute approximate surface area is 677 Å². The number of ether oxygens (including phenoxy) is 6. The molecule has 0 bridgehead atoms. The van der Waals surface area contributed by atoms with E-state index in [0.29, 0.717) is 142 Å². The van der Waals surface area contributed by atoms with E-state index < -0.39 is 94.1 Å². The number of amides is 9. The molecule has 40 nitrogen and oxygen atoms in total. The maximum Gasteiger partial charge on any atom is 0.419 e. The summed E-state index contributed by atoms with van der Waals surface area (Å²) in [6.45, 7) is 9.17. The van der Waals surface area contributed by atoms with Crippen LogP contribution in [0.2, 0.25) is 0 Å². The van der Waals surface area contributed by atoms with E-state index in [1.54, 1.807) is 69.3 Å². The third kappa shape index (κ3) is 20.4. The monoisotopic (exact) mass is 1640 g/mol. The van der Waals surface area contributed by atoms with Crippen molar-refractivity contribution in [3.8, 4) is 0 Å². The molecule has 4 fully saturated rings. The Morgan fingerprint density at radius 2 is 0.798 bits per heavy atom. The molecule has 1 aliphatic heterocycles. The van der Waals surface area contributed by atoms with Crippen molar-refractivity contribution in [2.75, 3.05) is 69.2 Å². The van der Waals surface area contributed by atoms with Crippen molar-refractivity contribution in [3.05, 3.63) is 171 Å². The highest BCUT2D eigenvalue weighted by molar-refractivity contribution is 6.12. The van der Waals surface area contributed by atoms with Crippen molar-refractivity contribution in [3.63, 3.8) is 0 Å². The van der Waals surface area contributed by atoms with Crippen LogP contribution in [-0.4, -0.2) is 229 Å². The number of aliphatic hydroxyl groups is 3. The number of aliphatic hydroxyl groups excluding tert-OH is 3. The zero-order chi connectivity index (χ0) is 84.9. The van der Waals surface area contributed by atoms with Crippen molar-refractivity contribution in [2.24, 2.45) is 4.99 Å². The summed E-state index contributed by atoms with van der Waals surface area (Å²) >= 11 is 0. The first kappa shape index (κ1) is 84.3. The van der Waals surface area contributed by atoms with Gasteiger partial charge in [-0.05, 0) is 175 Å². The number of imide groups is 3. The number of esters is 3. The van der Waals surface area contributed by atoms with Gasteiger partial charge in [-0.15, -0.1) is 0 Å². The van der Waals surface area contributed by atoms with Crippen LogP contribution >= 0.6 is 0 Å². The summed E-state index contributed by atoms with van der Waals surface area (Å²) in [6.07, 6.45) is 15.8. The number of carbonyl (C=O) groups excluding carboxylic acids is 12. The summed E-state index contributed by atoms with van der Waals surface area (Å²) in [5, 5.41) is 57.3. The van der Waals surface area contributed by atoms with Crippen LogP contribution in [0.1, 0.15) is 160 Å². The number of carbonyl (C=O) groups is 12. The van der Waals surface area contributed by atoms with Gasteiger partial charge in [0.15, 0.2) is 17.5 Å². The third-order valence-corrected chi connectivity index (χ3v) is 19.3. The number of benzene rings is 3. The molecule has 0 unspecified atom stereocenters. The van der Waals surface area contributed by atoms with E-state index in [1.165, 1.54) is 51.1 Å². The Kier molecular flexibility index (Phi) is 26.6. The van der Waals surface area contributed by atoms with Gasteiger partial charge in [0, 0.05) is 83.1 Å². The molecule has 6 aromatic heterocycles. The van der Waals surface area contributed by atoms with Crippen LogP contribution < -0.4 is 31.9 Å². The first-order chi connectivity index (χ1) is 57.3. The van der Waals surface area contributed by atoms with Gasteiger partial charge in [-0.3, -0.25) is 33.8 Å². The molecule has 3 aromatic carbocycles. The van der Waals surface area contributed by atoms with Gasteiger partial charge in [0.2, 0.25) is 20.4 Å². The maximum atomic E-state index is 13.5. The molecule has 0 spiro atoms. The lowest BCUT2D eigenvalue weighted by Crippen LogP contribution is -2.39. The number of fused-ring (bicyclic) bond motifs is 3. The van der Waals surface area contributed by atoms with Crippen LogP contribution in [0, 0.1) is 41.5 Å². The topological polar surface area (TPSA) is 506 Å². The van der Waals surface area contributed by atoms with E-state index in [0.717, 1.165) is 50.7 Å². The van der Waals surface area contributed by atoms with Crippen LogP contribution in [0.15, 0.2) is 109 Å². The van der Waals surface area contributed by atoms with Crippen LogP contribution in [0.25, 0.3) is 16.6 Å². The lowest BCUT2D eigenvalue weighted by molar-refractivity contribution is -0.156. The van der Waals surface area contributed by atoms with Gasteiger partial charge in [0.1, 0.15) is 61.2 Å². The molecule has 7 heterocycles. The predicted octanol–water partition coefficient (Wildman–Crippen LogP) is 6.70. The van der Waals surface area contributed by atoms with Crippen LogP contribution in [-0.2, 0) is 42.8 Å². The minimum atomic E-state index is -0.966. The second-order valence-electron chi connectivity index (χ2n) is 28.1. The van der Waals surface area contributed by atoms with Crippen molar-refractivity contribution in [1.29, 1.82) is 0 Å². The van der Waals surface area contributed by atoms with Gasteiger partial charge in [-0.1, -0.05) is 31.2 Å². The van der Waals surface area contributed by atoms with Crippen molar-refractivity contribution >= 4 is 129 Å². The quantitative estimate of drug-likeness (QED) is 0.0147. The molecule has 40 heteroatoms. The van der Waals surface area contributed by atoms with E-state index in [1.807, 2.05) is 45.9 Å². The molecular formula is C79H85N19O21. The Bertz CT molecular complexity index is 5540. The second kappa shape index (κ2) is 37.6. The van der Waals surface area contributed by atoms with Gasteiger partial charge < -0.3 is 75.6 Å². The lowest BCUT2D eigenvalue weighted by Gasteiger charge is -2.19.